The van der Waals surface area contributed by atoms with Crippen LogP contribution in [0.2, 0.25) is 0 Å². The number of esters is 1. The Morgan fingerprint density at radius 1 is 1.09 bits per heavy atom. The maximum atomic E-state index is 12.1. The third-order valence-electron chi connectivity index (χ3n) is 3.09. The van der Waals surface area contributed by atoms with E-state index in [2.05, 4.69) is 21.2 Å². The summed E-state index contributed by atoms with van der Waals surface area (Å²) < 4.78 is 11.2. The molecule has 23 heavy (non-hydrogen) atoms. The third kappa shape index (κ3) is 4.56. The van der Waals surface area contributed by atoms with Crippen molar-refractivity contribution in [2.75, 3.05) is 12.4 Å². The summed E-state index contributed by atoms with van der Waals surface area (Å²) in [7, 11) is 1.47. The molecule has 2 aromatic carbocycles. The lowest BCUT2D eigenvalue weighted by molar-refractivity contribution is -0.123. The number of anilines is 1. The highest BCUT2D eigenvalue weighted by Gasteiger charge is 2.21. The number of nitrogens with one attached hydrogen (secondary N) is 1. The van der Waals surface area contributed by atoms with Gasteiger partial charge in [-0.05, 0) is 43.3 Å². The van der Waals surface area contributed by atoms with E-state index in [1.807, 2.05) is 0 Å². The van der Waals surface area contributed by atoms with Gasteiger partial charge in [-0.1, -0.05) is 28.1 Å². The number of halogens is 1. The molecule has 0 unspecified atom stereocenters. The zero-order chi connectivity index (χ0) is 16.8. The second kappa shape index (κ2) is 7.78. The van der Waals surface area contributed by atoms with Crippen molar-refractivity contribution in [2.24, 2.45) is 0 Å². The summed E-state index contributed by atoms with van der Waals surface area (Å²) in [6.45, 7) is 1.52. The second-order valence-corrected chi connectivity index (χ2v) is 5.66. The Morgan fingerprint density at radius 2 is 1.74 bits per heavy atom. The maximum Gasteiger partial charge on any atom is 0.342 e. The average molecular weight is 378 g/mol. The molecule has 1 atom stereocenters. The summed E-state index contributed by atoms with van der Waals surface area (Å²) in [5.41, 5.74) is 0.900. The highest BCUT2D eigenvalue weighted by atomic mass is 79.9. The number of hydrogen-bond acceptors (Lipinski definition) is 4. The number of ether oxygens (including phenoxy) is 2. The van der Waals surface area contributed by atoms with Crippen LogP contribution in [0.1, 0.15) is 17.3 Å². The number of carbonyl (C=O) groups is 2. The van der Waals surface area contributed by atoms with Gasteiger partial charge in [0.2, 0.25) is 0 Å². The standard InChI is InChI=1S/C17H16BrNO4/c1-11(16(20)19-13-9-7-12(18)8-10-13)23-17(21)14-5-3-4-6-15(14)22-2/h3-11H,1-2H3,(H,19,20)/t11-/m1/s1. The van der Waals surface area contributed by atoms with Crippen LogP contribution in [0.25, 0.3) is 0 Å². The quantitative estimate of drug-likeness (QED) is 0.807. The normalized spacial score (nSPS) is 11.4. The minimum atomic E-state index is -0.934. The Morgan fingerprint density at radius 3 is 2.39 bits per heavy atom. The first kappa shape index (κ1) is 17.0. The lowest BCUT2D eigenvalue weighted by atomic mass is 10.2. The zero-order valence-electron chi connectivity index (χ0n) is 12.7. The number of para-hydroxylation sites is 1. The number of amides is 1. The SMILES string of the molecule is COc1ccccc1C(=O)O[C@H](C)C(=O)Nc1ccc(Br)cc1. The molecule has 0 radical (unpaired) electrons. The Bertz CT molecular complexity index is 700. The largest absolute Gasteiger partial charge is 0.496 e. The van der Waals surface area contributed by atoms with Gasteiger partial charge in [0.25, 0.3) is 5.91 Å². The van der Waals surface area contributed by atoms with Crippen molar-refractivity contribution in [3.05, 3.63) is 58.6 Å². The molecule has 0 bridgehead atoms. The van der Waals surface area contributed by atoms with Crippen LogP contribution in [0, 0.1) is 0 Å². The zero-order valence-corrected chi connectivity index (χ0v) is 14.3. The third-order valence-corrected chi connectivity index (χ3v) is 3.62. The Balaban J connectivity index is 2.00. The molecule has 0 aliphatic carbocycles. The Labute approximate surface area is 142 Å². The van der Waals surface area contributed by atoms with Gasteiger partial charge in [0.05, 0.1) is 7.11 Å². The van der Waals surface area contributed by atoms with Gasteiger partial charge in [-0.15, -0.1) is 0 Å². The van der Waals surface area contributed by atoms with Crippen molar-refractivity contribution in [1.82, 2.24) is 0 Å². The molecule has 0 saturated carbocycles. The van der Waals surface area contributed by atoms with E-state index in [1.54, 1.807) is 48.5 Å². The molecule has 0 aliphatic rings. The van der Waals surface area contributed by atoms with Crippen LogP contribution in [-0.4, -0.2) is 25.1 Å². The van der Waals surface area contributed by atoms with Crippen molar-refractivity contribution < 1.29 is 19.1 Å². The van der Waals surface area contributed by atoms with Crippen LogP contribution in [-0.2, 0) is 9.53 Å². The second-order valence-electron chi connectivity index (χ2n) is 4.74. The molecule has 0 saturated heterocycles. The highest BCUT2D eigenvalue weighted by Crippen LogP contribution is 2.19. The molecule has 2 aromatic rings. The summed E-state index contributed by atoms with van der Waals surface area (Å²) in [5.74, 6) is -0.616. The Hall–Kier alpha value is -2.34. The van der Waals surface area contributed by atoms with Crippen LogP contribution in [0.5, 0.6) is 5.75 Å². The van der Waals surface area contributed by atoms with Gasteiger partial charge >= 0.3 is 5.97 Å². The van der Waals surface area contributed by atoms with Crippen LogP contribution in [0.4, 0.5) is 5.69 Å². The van der Waals surface area contributed by atoms with Gasteiger partial charge < -0.3 is 14.8 Å². The summed E-state index contributed by atoms with van der Waals surface area (Å²) in [6, 6.07) is 13.8. The Kier molecular flexibility index (Phi) is 5.76. The van der Waals surface area contributed by atoms with Crippen molar-refractivity contribution in [3.63, 3.8) is 0 Å². The maximum absolute atomic E-state index is 12.1. The summed E-state index contributed by atoms with van der Waals surface area (Å²) in [5, 5.41) is 2.69. The van der Waals surface area contributed by atoms with E-state index in [0.717, 1.165) is 4.47 Å². The monoisotopic (exact) mass is 377 g/mol. The van der Waals surface area contributed by atoms with Crippen molar-refractivity contribution in [2.45, 2.75) is 13.0 Å². The smallest absolute Gasteiger partial charge is 0.342 e. The molecule has 6 heteroatoms. The van der Waals surface area contributed by atoms with Crippen LogP contribution < -0.4 is 10.1 Å². The summed E-state index contributed by atoms with van der Waals surface area (Å²) in [4.78, 5) is 24.2. The van der Waals surface area contributed by atoms with Crippen LogP contribution >= 0.6 is 15.9 Å². The molecule has 0 spiro atoms. The van der Waals surface area contributed by atoms with Gasteiger partial charge in [-0.25, -0.2) is 4.79 Å². The van der Waals surface area contributed by atoms with Gasteiger partial charge in [0.1, 0.15) is 11.3 Å². The van der Waals surface area contributed by atoms with E-state index >= 15 is 0 Å². The predicted molar refractivity (Wildman–Crippen MR) is 90.6 cm³/mol. The minimum Gasteiger partial charge on any atom is -0.496 e. The van der Waals surface area contributed by atoms with Crippen LogP contribution in [0.3, 0.4) is 0 Å². The highest BCUT2D eigenvalue weighted by molar-refractivity contribution is 9.10. The number of benzene rings is 2. The number of hydrogen-bond donors (Lipinski definition) is 1. The fourth-order valence-electron chi connectivity index (χ4n) is 1.87. The van der Waals surface area contributed by atoms with Gasteiger partial charge in [-0.3, -0.25) is 4.79 Å². The van der Waals surface area contributed by atoms with E-state index < -0.39 is 18.0 Å². The topological polar surface area (TPSA) is 64.6 Å². The molecule has 120 valence electrons. The van der Waals surface area contributed by atoms with E-state index in [4.69, 9.17) is 9.47 Å². The van der Waals surface area contributed by atoms with E-state index in [0.29, 0.717) is 11.4 Å². The van der Waals surface area contributed by atoms with Crippen molar-refractivity contribution >= 4 is 33.5 Å². The first-order chi connectivity index (χ1) is 11.0. The molecule has 0 aliphatic heterocycles. The lowest BCUT2D eigenvalue weighted by Gasteiger charge is -2.14. The molecule has 5 nitrogen and oxygen atoms in total. The summed E-state index contributed by atoms with van der Waals surface area (Å²) >= 11 is 3.32. The number of carbonyl (C=O) groups excluding carboxylic acids is 2. The molecule has 0 aromatic heterocycles. The number of methoxy groups -OCH3 is 1. The minimum absolute atomic E-state index is 0.276. The van der Waals surface area contributed by atoms with Gasteiger partial charge in [0.15, 0.2) is 6.10 Å². The lowest BCUT2D eigenvalue weighted by Crippen LogP contribution is -2.30. The fourth-order valence-corrected chi connectivity index (χ4v) is 2.13. The first-order valence-corrected chi connectivity index (χ1v) is 7.71. The van der Waals surface area contributed by atoms with Crippen LogP contribution in [0.15, 0.2) is 53.0 Å². The average Bonchev–Trinajstić information content (AvgIpc) is 2.56. The fraction of sp³-hybridized carbons (Fsp3) is 0.176. The molecule has 1 amide bonds. The van der Waals surface area contributed by atoms with Crippen molar-refractivity contribution in [3.8, 4) is 5.75 Å². The van der Waals surface area contributed by atoms with Gasteiger partial charge in [-0.2, -0.15) is 0 Å². The van der Waals surface area contributed by atoms with Gasteiger partial charge in [0, 0.05) is 10.2 Å². The molecule has 2 rings (SSSR count). The van der Waals surface area contributed by atoms with E-state index in [9.17, 15) is 9.59 Å². The van der Waals surface area contributed by atoms with E-state index in [1.165, 1.54) is 14.0 Å². The molecular formula is C17H16BrNO4. The van der Waals surface area contributed by atoms with Crippen molar-refractivity contribution in [1.29, 1.82) is 0 Å². The first-order valence-electron chi connectivity index (χ1n) is 6.91. The molecule has 0 fully saturated rings. The van der Waals surface area contributed by atoms with E-state index in [-0.39, 0.29) is 5.56 Å². The molecular weight excluding hydrogens is 362 g/mol. The summed E-state index contributed by atoms with van der Waals surface area (Å²) in [6.07, 6.45) is -0.934. The molecule has 1 N–H and O–H groups in total. The predicted octanol–water partition coefficient (Wildman–Crippen LogP) is 3.64. The number of rotatable bonds is 5. The molecule has 0 heterocycles.